The van der Waals surface area contributed by atoms with Gasteiger partial charge >= 0.3 is 0 Å². The summed E-state index contributed by atoms with van der Waals surface area (Å²) < 4.78 is 13.9. The lowest BCUT2D eigenvalue weighted by Crippen LogP contribution is -2.35. The highest BCUT2D eigenvalue weighted by Crippen LogP contribution is 2.27. The van der Waals surface area contributed by atoms with E-state index >= 15 is 0 Å². The van der Waals surface area contributed by atoms with E-state index in [4.69, 9.17) is 0 Å². The molecule has 0 saturated carbocycles. The number of nitrogens with one attached hydrogen (secondary N) is 1. The molecule has 1 nitrogen and oxygen atoms in total. The average Bonchev–Trinajstić information content (AvgIpc) is 2.27. The quantitative estimate of drug-likeness (QED) is 0.749. The first-order valence-corrected chi connectivity index (χ1v) is 7.93. The van der Waals surface area contributed by atoms with Crippen molar-refractivity contribution in [1.82, 2.24) is 5.32 Å². The second kappa shape index (κ2) is 7.30. The van der Waals surface area contributed by atoms with Gasteiger partial charge in [-0.05, 0) is 50.5 Å². The highest BCUT2D eigenvalue weighted by molar-refractivity contribution is 7.99. The van der Waals surface area contributed by atoms with E-state index in [1.165, 1.54) is 0 Å². The number of hydrogen-bond acceptors (Lipinski definition) is 2. The molecular formula is C16H26FNS. The standard InChI is InChI=1S/C16H26FNS/c1-12(2)9-10-19-15-13(7-6-8-14(15)17)11-18-16(3,4)5/h6-8,12,18H,9-11H2,1-5H3. The van der Waals surface area contributed by atoms with Gasteiger partial charge in [0.05, 0.1) is 0 Å². The van der Waals surface area contributed by atoms with Crippen LogP contribution in [-0.4, -0.2) is 11.3 Å². The fourth-order valence-corrected chi connectivity index (χ4v) is 2.94. The molecule has 0 unspecified atom stereocenters. The molecule has 1 rings (SSSR count). The van der Waals surface area contributed by atoms with Crippen LogP contribution in [0, 0.1) is 11.7 Å². The summed E-state index contributed by atoms with van der Waals surface area (Å²) in [7, 11) is 0. The minimum absolute atomic E-state index is 0.0478. The Morgan fingerprint density at radius 1 is 1.26 bits per heavy atom. The van der Waals surface area contributed by atoms with Gasteiger partial charge in [-0.1, -0.05) is 26.0 Å². The number of halogens is 1. The molecule has 0 aliphatic heterocycles. The summed E-state index contributed by atoms with van der Waals surface area (Å²) in [6.07, 6.45) is 1.12. The summed E-state index contributed by atoms with van der Waals surface area (Å²) in [5.74, 6) is 1.54. The molecule has 0 aromatic heterocycles. The van der Waals surface area contributed by atoms with Gasteiger partial charge in [0.15, 0.2) is 0 Å². The van der Waals surface area contributed by atoms with Gasteiger partial charge in [-0.15, -0.1) is 11.8 Å². The molecule has 0 saturated heterocycles. The van der Waals surface area contributed by atoms with Gasteiger partial charge < -0.3 is 5.32 Å². The van der Waals surface area contributed by atoms with E-state index in [1.807, 2.05) is 6.07 Å². The van der Waals surface area contributed by atoms with Gasteiger partial charge in [-0.25, -0.2) is 4.39 Å². The first kappa shape index (κ1) is 16.5. The van der Waals surface area contributed by atoms with Gasteiger partial charge in [0, 0.05) is 17.0 Å². The SMILES string of the molecule is CC(C)CCSc1c(F)cccc1CNC(C)(C)C. The highest BCUT2D eigenvalue weighted by Gasteiger charge is 2.13. The Balaban J connectivity index is 2.71. The summed E-state index contributed by atoms with van der Waals surface area (Å²) in [5.41, 5.74) is 1.11. The van der Waals surface area contributed by atoms with E-state index in [9.17, 15) is 4.39 Å². The number of thioether (sulfide) groups is 1. The van der Waals surface area contributed by atoms with Crippen LogP contribution in [0.5, 0.6) is 0 Å². The minimum atomic E-state index is -0.0954. The van der Waals surface area contributed by atoms with E-state index in [0.29, 0.717) is 12.5 Å². The smallest absolute Gasteiger partial charge is 0.137 e. The number of benzene rings is 1. The predicted molar refractivity (Wildman–Crippen MR) is 83.2 cm³/mol. The largest absolute Gasteiger partial charge is 0.308 e. The van der Waals surface area contributed by atoms with Crippen LogP contribution in [0.1, 0.15) is 46.6 Å². The average molecular weight is 283 g/mol. The monoisotopic (exact) mass is 283 g/mol. The summed E-state index contributed by atoms with van der Waals surface area (Å²) in [6.45, 7) is 11.5. The van der Waals surface area contributed by atoms with E-state index in [-0.39, 0.29) is 11.4 Å². The maximum absolute atomic E-state index is 13.9. The zero-order valence-corrected chi connectivity index (χ0v) is 13.5. The lowest BCUT2D eigenvalue weighted by molar-refractivity contribution is 0.421. The minimum Gasteiger partial charge on any atom is -0.308 e. The van der Waals surface area contributed by atoms with Gasteiger partial charge in [-0.3, -0.25) is 0 Å². The van der Waals surface area contributed by atoms with Crippen molar-refractivity contribution in [3.8, 4) is 0 Å². The van der Waals surface area contributed by atoms with Crippen LogP contribution in [0.4, 0.5) is 4.39 Å². The molecule has 1 aromatic carbocycles. The normalized spacial score (nSPS) is 12.2. The van der Waals surface area contributed by atoms with Gasteiger partial charge in [0.1, 0.15) is 5.82 Å². The Labute approximate surface area is 121 Å². The number of hydrogen-bond donors (Lipinski definition) is 1. The van der Waals surface area contributed by atoms with Crippen molar-refractivity contribution in [2.24, 2.45) is 5.92 Å². The Bertz CT molecular complexity index is 396. The van der Waals surface area contributed by atoms with Crippen molar-refractivity contribution in [2.45, 2.75) is 58.0 Å². The van der Waals surface area contributed by atoms with Crippen LogP contribution in [0.2, 0.25) is 0 Å². The van der Waals surface area contributed by atoms with Crippen molar-refractivity contribution in [2.75, 3.05) is 5.75 Å². The molecule has 3 heteroatoms. The van der Waals surface area contributed by atoms with Crippen molar-refractivity contribution in [3.05, 3.63) is 29.6 Å². The Kier molecular flexibility index (Phi) is 6.34. The summed E-state index contributed by atoms with van der Waals surface area (Å²) in [6, 6.07) is 5.36. The van der Waals surface area contributed by atoms with Crippen LogP contribution < -0.4 is 5.32 Å². The third-order valence-electron chi connectivity index (χ3n) is 2.80. The van der Waals surface area contributed by atoms with Gasteiger partial charge in [-0.2, -0.15) is 0 Å². The topological polar surface area (TPSA) is 12.0 Å². The second-order valence-corrected chi connectivity index (χ2v) is 7.47. The molecule has 108 valence electrons. The summed E-state index contributed by atoms with van der Waals surface area (Å²) >= 11 is 1.64. The van der Waals surface area contributed by atoms with Crippen LogP contribution in [0.3, 0.4) is 0 Å². The molecule has 0 aliphatic carbocycles. The van der Waals surface area contributed by atoms with E-state index < -0.39 is 0 Å². The molecule has 0 spiro atoms. The summed E-state index contributed by atoms with van der Waals surface area (Å²) in [4.78, 5) is 0.805. The van der Waals surface area contributed by atoms with Crippen molar-refractivity contribution in [1.29, 1.82) is 0 Å². The molecule has 0 fully saturated rings. The van der Waals surface area contributed by atoms with Crippen LogP contribution in [0.25, 0.3) is 0 Å². The van der Waals surface area contributed by atoms with Crippen LogP contribution in [0.15, 0.2) is 23.1 Å². The highest BCUT2D eigenvalue weighted by atomic mass is 32.2. The molecule has 19 heavy (non-hydrogen) atoms. The molecule has 0 heterocycles. The van der Waals surface area contributed by atoms with Crippen LogP contribution in [-0.2, 0) is 6.54 Å². The van der Waals surface area contributed by atoms with E-state index in [1.54, 1.807) is 23.9 Å². The predicted octanol–water partition coefficient (Wildman–Crippen LogP) is 4.85. The van der Waals surface area contributed by atoms with E-state index in [0.717, 1.165) is 22.6 Å². The molecular weight excluding hydrogens is 257 g/mol. The first-order valence-electron chi connectivity index (χ1n) is 6.95. The lowest BCUT2D eigenvalue weighted by atomic mass is 10.1. The molecule has 0 radical (unpaired) electrons. The third-order valence-corrected chi connectivity index (χ3v) is 3.98. The maximum atomic E-state index is 13.9. The third kappa shape index (κ3) is 6.44. The van der Waals surface area contributed by atoms with Gasteiger partial charge in [0.25, 0.3) is 0 Å². The lowest BCUT2D eigenvalue weighted by Gasteiger charge is -2.21. The second-order valence-electron chi connectivity index (χ2n) is 6.36. The Morgan fingerprint density at radius 3 is 2.53 bits per heavy atom. The summed E-state index contributed by atoms with van der Waals surface area (Å²) in [5, 5.41) is 3.42. The Hall–Kier alpha value is -0.540. The fourth-order valence-electron chi connectivity index (χ4n) is 1.61. The van der Waals surface area contributed by atoms with Crippen molar-refractivity contribution in [3.63, 3.8) is 0 Å². The molecule has 0 amide bonds. The first-order chi connectivity index (χ1) is 8.79. The number of rotatable bonds is 6. The maximum Gasteiger partial charge on any atom is 0.137 e. The van der Waals surface area contributed by atoms with Crippen molar-refractivity contribution >= 4 is 11.8 Å². The molecule has 1 N–H and O–H groups in total. The zero-order chi connectivity index (χ0) is 14.5. The van der Waals surface area contributed by atoms with Crippen molar-refractivity contribution < 1.29 is 4.39 Å². The fraction of sp³-hybridized carbons (Fsp3) is 0.625. The van der Waals surface area contributed by atoms with E-state index in [2.05, 4.69) is 39.9 Å². The molecule has 1 aromatic rings. The molecule has 0 bridgehead atoms. The van der Waals surface area contributed by atoms with Gasteiger partial charge in [0.2, 0.25) is 0 Å². The Morgan fingerprint density at radius 2 is 1.95 bits per heavy atom. The molecule has 0 aliphatic rings. The van der Waals surface area contributed by atoms with Crippen LogP contribution >= 0.6 is 11.8 Å². The zero-order valence-electron chi connectivity index (χ0n) is 12.7. The molecule has 0 atom stereocenters.